The summed E-state index contributed by atoms with van der Waals surface area (Å²) in [6, 6.07) is 15.8. The highest BCUT2D eigenvalue weighted by Gasteiger charge is 2.40. The van der Waals surface area contributed by atoms with E-state index in [2.05, 4.69) is 70.2 Å². The second-order valence-electron chi connectivity index (χ2n) is 9.35. The summed E-state index contributed by atoms with van der Waals surface area (Å²) in [6.45, 7) is 9.11. The van der Waals surface area contributed by atoms with Crippen LogP contribution in [-0.2, 0) is 5.41 Å². The van der Waals surface area contributed by atoms with Crippen LogP contribution in [0, 0.1) is 6.92 Å². The van der Waals surface area contributed by atoms with Crippen molar-refractivity contribution in [1.29, 1.82) is 0 Å². The third kappa shape index (κ3) is 2.33. The van der Waals surface area contributed by atoms with Gasteiger partial charge in [0.1, 0.15) is 0 Å². The van der Waals surface area contributed by atoms with E-state index >= 15 is 0 Å². The standard InChI is InChI=1S/C25H27N/c1-15-11-18(14-19(12-15)25(2,3)4)24-23-17-10-9-16(13-17)22(23)20-7-5-6-8-21(20)26-24/h5-8,11-12,14,16-17H,9-10,13H2,1-4H3. The van der Waals surface area contributed by atoms with Gasteiger partial charge in [0.25, 0.3) is 0 Å². The molecule has 2 bridgehead atoms. The summed E-state index contributed by atoms with van der Waals surface area (Å²) >= 11 is 0. The number of aryl methyl sites for hydroxylation is 1. The lowest BCUT2D eigenvalue weighted by Crippen LogP contribution is -2.12. The summed E-state index contributed by atoms with van der Waals surface area (Å²) in [4.78, 5) is 5.20. The van der Waals surface area contributed by atoms with Gasteiger partial charge in [-0.05, 0) is 78.3 Å². The molecule has 2 unspecified atom stereocenters. The molecule has 0 N–H and O–H groups in total. The average Bonchev–Trinajstić information content (AvgIpc) is 3.22. The molecule has 1 saturated carbocycles. The molecule has 0 amide bonds. The molecule has 0 spiro atoms. The fourth-order valence-corrected chi connectivity index (χ4v) is 5.18. The summed E-state index contributed by atoms with van der Waals surface area (Å²) in [6.07, 6.45) is 4.02. The molecule has 0 radical (unpaired) electrons. The Morgan fingerprint density at radius 2 is 1.65 bits per heavy atom. The van der Waals surface area contributed by atoms with Crippen LogP contribution in [0.5, 0.6) is 0 Å². The zero-order valence-corrected chi connectivity index (χ0v) is 16.3. The Kier molecular flexibility index (Phi) is 3.35. The molecule has 132 valence electrons. The molecule has 2 aliphatic carbocycles. The van der Waals surface area contributed by atoms with Gasteiger partial charge in [-0.2, -0.15) is 0 Å². The molecule has 3 aromatic rings. The number of fused-ring (bicyclic) bond motifs is 7. The third-order valence-corrected chi connectivity index (χ3v) is 6.44. The fourth-order valence-electron chi connectivity index (χ4n) is 5.18. The van der Waals surface area contributed by atoms with Gasteiger partial charge < -0.3 is 0 Å². The maximum atomic E-state index is 5.20. The van der Waals surface area contributed by atoms with Crippen molar-refractivity contribution in [2.75, 3.05) is 0 Å². The first-order valence-electron chi connectivity index (χ1n) is 9.97. The normalized spacial score (nSPS) is 21.4. The maximum absolute atomic E-state index is 5.20. The minimum Gasteiger partial charge on any atom is -0.247 e. The summed E-state index contributed by atoms with van der Waals surface area (Å²) in [5, 5.41) is 1.39. The van der Waals surface area contributed by atoms with Crippen LogP contribution in [-0.4, -0.2) is 4.98 Å². The fraction of sp³-hybridized carbons (Fsp3) is 0.400. The van der Waals surface area contributed by atoms with Crippen molar-refractivity contribution in [1.82, 2.24) is 4.98 Å². The van der Waals surface area contributed by atoms with Crippen LogP contribution in [0.2, 0.25) is 0 Å². The van der Waals surface area contributed by atoms with Crippen LogP contribution >= 0.6 is 0 Å². The van der Waals surface area contributed by atoms with Crippen LogP contribution in [0.1, 0.15) is 74.1 Å². The molecule has 5 rings (SSSR count). The van der Waals surface area contributed by atoms with E-state index in [4.69, 9.17) is 4.98 Å². The Morgan fingerprint density at radius 3 is 2.42 bits per heavy atom. The molecule has 2 aliphatic rings. The minimum absolute atomic E-state index is 0.153. The molecular weight excluding hydrogens is 314 g/mol. The number of nitrogens with zero attached hydrogens (tertiary/aromatic N) is 1. The van der Waals surface area contributed by atoms with Crippen molar-refractivity contribution in [2.45, 2.75) is 64.2 Å². The lowest BCUT2D eigenvalue weighted by molar-refractivity contribution is 0.590. The van der Waals surface area contributed by atoms with Gasteiger partial charge in [-0.3, -0.25) is 0 Å². The molecule has 1 heterocycles. The van der Waals surface area contributed by atoms with Gasteiger partial charge >= 0.3 is 0 Å². The van der Waals surface area contributed by atoms with E-state index in [0.717, 1.165) is 11.4 Å². The van der Waals surface area contributed by atoms with Gasteiger partial charge in [0.15, 0.2) is 0 Å². The van der Waals surface area contributed by atoms with E-state index in [-0.39, 0.29) is 5.41 Å². The Balaban J connectivity index is 1.82. The lowest BCUT2D eigenvalue weighted by Gasteiger charge is -2.24. The lowest BCUT2D eigenvalue weighted by atomic mass is 9.82. The van der Waals surface area contributed by atoms with Gasteiger partial charge in [0.2, 0.25) is 0 Å². The molecule has 2 atom stereocenters. The summed E-state index contributed by atoms with van der Waals surface area (Å²) in [5.41, 5.74) is 9.78. The third-order valence-electron chi connectivity index (χ3n) is 6.44. The Labute approximate surface area is 156 Å². The molecule has 2 aromatic carbocycles. The molecule has 0 saturated heterocycles. The smallest absolute Gasteiger partial charge is 0.0747 e. The predicted molar refractivity (Wildman–Crippen MR) is 110 cm³/mol. The van der Waals surface area contributed by atoms with Crippen LogP contribution in [0.3, 0.4) is 0 Å². The van der Waals surface area contributed by atoms with Crippen molar-refractivity contribution in [3.63, 3.8) is 0 Å². The van der Waals surface area contributed by atoms with Crippen molar-refractivity contribution in [3.8, 4) is 11.3 Å². The molecule has 1 aromatic heterocycles. The quantitative estimate of drug-likeness (QED) is 0.470. The van der Waals surface area contributed by atoms with Gasteiger partial charge in [0, 0.05) is 10.9 Å². The van der Waals surface area contributed by atoms with Crippen LogP contribution in [0.4, 0.5) is 0 Å². The number of aromatic nitrogens is 1. The first kappa shape index (κ1) is 16.1. The summed E-state index contributed by atoms with van der Waals surface area (Å²) in [5.74, 6) is 1.45. The second kappa shape index (κ2) is 5.42. The van der Waals surface area contributed by atoms with E-state index in [9.17, 15) is 0 Å². The number of rotatable bonds is 1. The van der Waals surface area contributed by atoms with Gasteiger partial charge in [0.05, 0.1) is 11.2 Å². The monoisotopic (exact) mass is 341 g/mol. The number of benzene rings is 2. The second-order valence-corrected chi connectivity index (χ2v) is 9.35. The number of para-hydroxylation sites is 1. The van der Waals surface area contributed by atoms with Crippen molar-refractivity contribution >= 4 is 10.9 Å². The zero-order valence-electron chi connectivity index (χ0n) is 16.3. The van der Waals surface area contributed by atoms with Crippen molar-refractivity contribution in [3.05, 3.63) is 64.7 Å². The van der Waals surface area contributed by atoms with E-state index in [1.165, 1.54) is 47.0 Å². The number of pyridine rings is 1. The Bertz CT molecular complexity index is 1020. The molecule has 0 aliphatic heterocycles. The van der Waals surface area contributed by atoms with E-state index in [0.29, 0.717) is 5.92 Å². The van der Waals surface area contributed by atoms with Gasteiger partial charge in [-0.25, -0.2) is 4.98 Å². The van der Waals surface area contributed by atoms with Crippen LogP contribution < -0.4 is 0 Å². The SMILES string of the molecule is Cc1cc(-c2nc3ccccc3c3c2C2CCC3C2)cc(C(C)(C)C)c1. The molecule has 26 heavy (non-hydrogen) atoms. The molecule has 1 fully saturated rings. The topological polar surface area (TPSA) is 12.9 Å². The average molecular weight is 341 g/mol. The first-order valence-corrected chi connectivity index (χ1v) is 9.97. The van der Waals surface area contributed by atoms with E-state index in [1.54, 1.807) is 11.1 Å². The summed E-state index contributed by atoms with van der Waals surface area (Å²) < 4.78 is 0. The highest BCUT2D eigenvalue weighted by Crippen LogP contribution is 2.57. The maximum Gasteiger partial charge on any atom is 0.0747 e. The predicted octanol–water partition coefficient (Wildman–Crippen LogP) is 6.87. The van der Waals surface area contributed by atoms with E-state index < -0.39 is 0 Å². The van der Waals surface area contributed by atoms with Crippen molar-refractivity contribution < 1.29 is 0 Å². The highest BCUT2D eigenvalue weighted by molar-refractivity contribution is 5.89. The number of hydrogen-bond acceptors (Lipinski definition) is 1. The molecular formula is C25H27N. The van der Waals surface area contributed by atoms with Crippen LogP contribution in [0.25, 0.3) is 22.2 Å². The highest BCUT2D eigenvalue weighted by atomic mass is 14.7. The minimum atomic E-state index is 0.153. The van der Waals surface area contributed by atoms with Gasteiger partial charge in [-0.1, -0.05) is 50.6 Å². The Morgan fingerprint density at radius 1 is 0.923 bits per heavy atom. The van der Waals surface area contributed by atoms with Crippen molar-refractivity contribution in [2.24, 2.45) is 0 Å². The summed E-state index contributed by atoms with van der Waals surface area (Å²) in [7, 11) is 0. The first-order chi connectivity index (χ1) is 12.4. The largest absolute Gasteiger partial charge is 0.247 e. The number of hydrogen-bond donors (Lipinski definition) is 0. The molecule has 1 nitrogen and oxygen atoms in total. The van der Waals surface area contributed by atoms with Crippen LogP contribution in [0.15, 0.2) is 42.5 Å². The van der Waals surface area contributed by atoms with E-state index in [1.807, 2.05) is 0 Å². The van der Waals surface area contributed by atoms with Gasteiger partial charge in [-0.15, -0.1) is 0 Å². The Hall–Kier alpha value is -2.15. The molecule has 1 heteroatoms. The zero-order chi connectivity index (χ0) is 18.1.